The summed E-state index contributed by atoms with van der Waals surface area (Å²) in [5, 5.41) is 0. The quantitative estimate of drug-likeness (QED) is 0.841. The van der Waals surface area contributed by atoms with Gasteiger partial charge in [0, 0.05) is 24.3 Å². The SMILES string of the molecule is CC(C)Oc1cc(N2CCCC2C(C)C)ccc1N. The van der Waals surface area contributed by atoms with Crippen LogP contribution in [0.3, 0.4) is 0 Å². The van der Waals surface area contributed by atoms with Gasteiger partial charge in [0.15, 0.2) is 0 Å². The first-order chi connectivity index (χ1) is 8.99. The number of nitrogen functional groups attached to an aromatic ring is 1. The lowest BCUT2D eigenvalue weighted by atomic mass is 10.0. The van der Waals surface area contributed by atoms with Crippen LogP contribution in [0.15, 0.2) is 18.2 Å². The third-order valence-electron chi connectivity index (χ3n) is 3.76. The molecule has 0 saturated carbocycles. The Kier molecular flexibility index (Phi) is 4.23. The van der Waals surface area contributed by atoms with E-state index < -0.39 is 0 Å². The lowest BCUT2D eigenvalue weighted by Gasteiger charge is -2.30. The van der Waals surface area contributed by atoms with Crippen molar-refractivity contribution >= 4 is 11.4 Å². The third-order valence-corrected chi connectivity index (χ3v) is 3.76. The monoisotopic (exact) mass is 262 g/mol. The van der Waals surface area contributed by atoms with Crippen molar-refractivity contribution in [2.24, 2.45) is 5.92 Å². The lowest BCUT2D eigenvalue weighted by molar-refractivity contribution is 0.244. The predicted octanol–water partition coefficient (Wildman–Crippen LogP) is 3.68. The highest BCUT2D eigenvalue weighted by Crippen LogP contribution is 2.34. The van der Waals surface area contributed by atoms with Gasteiger partial charge in [-0.1, -0.05) is 13.8 Å². The first-order valence-electron chi connectivity index (χ1n) is 7.32. The standard InChI is InChI=1S/C16H26N2O/c1-11(2)15-6-5-9-18(15)13-7-8-14(17)16(10-13)19-12(3)4/h7-8,10-12,15H,5-6,9,17H2,1-4H3. The second-order valence-electron chi connectivity index (χ2n) is 6.04. The van der Waals surface area contributed by atoms with Crippen LogP contribution in [0.4, 0.5) is 11.4 Å². The fourth-order valence-corrected chi connectivity index (χ4v) is 2.86. The molecule has 0 spiro atoms. The van der Waals surface area contributed by atoms with Gasteiger partial charge < -0.3 is 15.4 Å². The van der Waals surface area contributed by atoms with Crippen LogP contribution in [-0.4, -0.2) is 18.7 Å². The summed E-state index contributed by atoms with van der Waals surface area (Å²) >= 11 is 0. The highest BCUT2D eigenvalue weighted by atomic mass is 16.5. The molecule has 2 rings (SSSR count). The van der Waals surface area contributed by atoms with Crippen LogP contribution < -0.4 is 15.4 Å². The van der Waals surface area contributed by atoms with E-state index in [0.717, 1.165) is 18.0 Å². The number of hydrogen-bond donors (Lipinski definition) is 1. The molecule has 1 aliphatic heterocycles. The van der Waals surface area contributed by atoms with Crippen LogP contribution in [0.1, 0.15) is 40.5 Å². The summed E-state index contributed by atoms with van der Waals surface area (Å²) in [5.41, 5.74) is 7.94. The topological polar surface area (TPSA) is 38.5 Å². The average molecular weight is 262 g/mol. The maximum Gasteiger partial charge on any atom is 0.144 e. The first kappa shape index (κ1) is 14.0. The summed E-state index contributed by atoms with van der Waals surface area (Å²) in [6, 6.07) is 6.80. The van der Waals surface area contributed by atoms with Crippen molar-refractivity contribution in [1.82, 2.24) is 0 Å². The Hall–Kier alpha value is -1.38. The molecule has 1 saturated heterocycles. The van der Waals surface area contributed by atoms with Crippen molar-refractivity contribution in [2.45, 2.75) is 52.7 Å². The molecule has 1 fully saturated rings. The zero-order valence-corrected chi connectivity index (χ0v) is 12.5. The van der Waals surface area contributed by atoms with Gasteiger partial charge in [-0.25, -0.2) is 0 Å². The van der Waals surface area contributed by atoms with Gasteiger partial charge in [0.25, 0.3) is 0 Å². The van der Waals surface area contributed by atoms with E-state index in [9.17, 15) is 0 Å². The Morgan fingerprint density at radius 3 is 2.63 bits per heavy atom. The maximum absolute atomic E-state index is 5.99. The summed E-state index contributed by atoms with van der Waals surface area (Å²) in [7, 11) is 0. The largest absolute Gasteiger partial charge is 0.489 e. The number of nitrogens with zero attached hydrogens (tertiary/aromatic N) is 1. The van der Waals surface area contributed by atoms with E-state index in [-0.39, 0.29) is 6.10 Å². The fraction of sp³-hybridized carbons (Fsp3) is 0.625. The van der Waals surface area contributed by atoms with Gasteiger partial charge in [0.2, 0.25) is 0 Å². The molecule has 0 aromatic heterocycles. The predicted molar refractivity (Wildman–Crippen MR) is 81.8 cm³/mol. The number of nitrogens with two attached hydrogens (primary N) is 1. The van der Waals surface area contributed by atoms with E-state index in [4.69, 9.17) is 10.5 Å². The van der Waals surface area contributed by atoms with E-state index in [1.54, 1.807) is 0 Å². The minimum atomic E-state index is 0.150. The minimum Gasteiger partial charge on any atom is -0.489 e. The highest BCUT2D eigenvalue weighted by Gasteiger charge is 2.27. The van der Waals surface area contributed by atoms with Gasteiger partial charge >= 0.3 is 0 Å². The van der Waals surface area contributed by atoms with Crippen molar-refractivity contribution in [2.75, 3.05) is 17.2 Å². The molecule has 1 aliphatic rings. The Morgan fingerprint density at radius 1 is 1.26 bits per heavy atom. The molecular weight excluding hydrogens is 236 g/mol. The minimum absolute atomic E-state index is 0.150. The molecule has 3 heteroatoms. The van der Waals surface area contributed by atoms with Crippen LogP contribution in [0.2, 0.25) is 0 Å². The highest BCUT2D eigenvalue weighted by molar-refractivity contribution is 5.63. The zero-order chi connectivity index (χ0) is 14.0. The van der Waals surface area contributed by atoms with Crippen molar-refractivity contribution in [3.8, 4) is 5.75 Å². The third kappa shape index (κ3) is 3.14. The molecule has 106 valence electrons. The molecule has 0 radical (unpaired) electrons. The molecule has 0 aliphatic carbocycles. The van der Waals surface area contributed by atoms with Gasteiger partial charge in [-0.3, -0.25) is 0 Å². The molecule has 0 bridgehead atoms. The summed E-state index contributed by atoms with van der Waals surface area (Å²) in [4.78, 5) is 2.50. The van der Waals surface area contributed by atoms with E-state index in [2.05, 4.69) is 30.9 Å². The van der Waals surface area contributed by atoms with Crippen molar-refractivity contribution in [3.63, 3.8) is 0 Å². The lowest BCUT2D eigenvalue weighted by Crippen LogP contribution is -2.33. The van der Waals surface area contributed by atoms with E-state index in [1.165, 1.54) is 18.5 Å². The van der Waals surface area contributed by atoms with Gasteiger partial charge in [0.05, 0.1) is 11.8 Å². The zero-order valence-electron chi connectivity index (χ0n) is 12.5. The van der Waals surface area contributed by atoms with Gasteiger partial charge in [-0.2, -0.15) is 0 Å². The smallest absolute Gasteiger partial charge is 0.144 e. The van der Waals surface area contributed by atoms with Gasteiger partial charge in [-0.05, 0) is 44.7 Å². The summed E-state index contributed by atoms with van der Waals surface area (Å²) < 4.78 is 5.79. The Labute approximate surface area is 116 Å². The summed E-state index contributed by atoms with van der Waals surface area (Å²) in [6.07, 6.45) is 2.70. The average Bonchev–Trinajstić information content (AvgIpc) is 2.80. The number of anilines is 2. The molecular formula is C16H26N2O. The normalized spacial score (nSPS) is 19.5. The summed E-state index contributed by atoms with van der Waals surface area (Å²) in [6.45, 7) is 9.78. The van der Waals surface area contributed by atoms with Crippen molar-refractivity contribution in [1.29, 1.82) is 0 Å². The molecule has 1 atom stereocenters. The molecule has 2 N–H and O–H groups in total. The van der Waals surface area contributed by atoms with Gasteiger partial charge in [0.1, 0.15) is 5.75 Å². The van der Waals surface area contributed by atoms with Crippen LogP contribution in [0, 0.1) is 5.92 Å². The Morgan fingerprint density at radius 2 is 2.00 bits per heavy atom. The Bertz CT molecular complexity index is 429. The molecule has 1 aromatic rings. The van der Waals surface area contributed by atoms with E-state index >= 15 is 0 Å². The number of rotatable bonds is 4. The second-order valence-corrected chi connectivity index (χ2v) is 6.04. The molecule has 19 heavy (non-hydrogen) atoms. The number of hydrogen-bond acceptors (Lipinski definition) is 3. The first-order valence-corrected chi connectivity index (χ1v) is 7.32. The van der Waals surface area contributed by atoms with Gasteiger partial charge in [-0.15, -0.1) is 0 Å². The fourth-order valence-electron chi connectivity index (χ4n) is 2.86. The molecule has 1 aromatic carbocycles. The second kappa shape index (κ2) is 5.72. The Balaban J connectivity index is 2.25. The van der Waals surface area contributed by atoms with Crippen LogP contribution in [0.5, 0.6) is 5.75 Å². The van der Waals surface area contributed by atoms with Crippen LogP contribution in [-0.2, 0) is 0 Å². The molecule has 3 nitrogen and oxygen atoms in total. The van der Waals surface area contributed by atoms with Crippen LogP contribution >= 0.6 is 0 Å². The summed E-state index contributed by atoms with van der Waals surface area (Å²) in [5.74, 6) is 1.48. The van der Waals surface area contributed by atoms with Crippen molar-refractivity contribution < 1.29 is 4.74 Å². The molecule has 1 unspecified atom stereocenters. The molecule has 0 amide bonds. The molecule has 1 heterocycles. The number of benzene rings is 1. The van der Waals surface area contributed by atoms with Crippen LogP contribution in [0.25, 0.3) is 0 Å². The van der Waals surface area contributed by atoms with Crippen molar-refractivity contribution in [3.05, 3.63) is 18.2 Å². The van der Waals surface area contributed by atoms with E-state index in [1.807, 2.05) is 19.9 Å². The van der Waals surface area contributed by atoms with E-state index in [0.29, 0.717) is 12.0 Å². The number of ether oxygens (including phenoxy) is 1. The maximum atomic E-state index is 5.99.